The minimum absolute atomic E-state index is 0.0952. The maximum atomic E-state index is 13.4. The first-order valence-electron chi connectivity index (χ1n) is 7.32. The van der Waals surface area contributed by atoms with Crippen molar-refractivity contribution in [2.75, 3.05) is 7.11 Å². The van der Waals surface area contributed by atoms with E-state index in [4.69, 9.17) is 9.29 Å². The Balaban J connectivity index is 2.16. The van der Waals surface area contributed by atoms with Crippen LogP contribution in [0.5, 0.6) is 5.75 Å². The Kier molecular flexibility index (Phi) is 4.84. The number of H-pyrrole nitrogens is 1. The highest BCUT2D eigenvalue weighted by Gasteiger charge is 2.38. The van der Waals surface area contributed by atoms with Gasteiger partial charge in [0.05, 0.1) is 12.0 Å². The lowest BCUT2D eigenvalue weighted by Gasteiger charge is -2.10. The summed E-state index contributed by atoms with van der Waals surface area (Å²) in [4.78, 5) is 0.145. The lowest BCUT2D eigenvalue weighted by molar-refractivity contribution is -0.140. The van der Waals surface area contributed by atoms with Crippen molar-refractivity contribution in [3.05, 3.63) is 54.2 Å². The highest BCUT2D eigenvalue weighted by molar-refractivity contribution is 7.79. The first-order valence-corrected chi connectivity index (χ1v) is 8.43. The zero-order valence-electron chi connectivity index (χ0n) is 13.4. The number of nitrogens with zero attached hydrogens (tertiary/aromatic N) is 1. The highest BCUT2D eigenvalue weighted by atomic mass is 32.2. The summed E-state index contributed by atoms with van der Waals surface area (Å²) in [6, 6.07) is 11.8. The number of aromatic amines is 1. The molecule has 9 heteroatoms. The third-order valence-electron chi connectivity index (χ3n) is 3.76. The van der Waals surface area contributed by atoms with Crippen molar-refractivity contribution in [2.45, 2.75) is 11.1 Å². The molecule has 3 rings (SSSR count). The van der Waals surface area contributed by atoms with Crippen molar-refractivity contribution >= 4 is 11.1 Å². The second kappa shape index (κ2) is 6.93. The van der Waals surface area contributed by atoms with E-state index in [1.165, 1.54) is 43.5 Å². The molecule has 0 aliphatic rings. The normalized spacial score (nSPS) is 12.8. The molecule has 26 heavy (non-hydrogen) atoms. The predicted molar refractivity (Wildman–Crippen MR) is 90.1 cm³/mol. The van der Waals surface area contributed by atoms with E-state index in [1.807, 2.05) is 0 Å². The van der Waals surface area contributed by atoms with Gasteiger partial charge in [-0.15, -0.1) is 0 Å². The number of hydrogen-bond acceptors (Lipinski definition) is 3. The SMILES string of the molecule is COc1ccc(-c2c(-c3ccc(S(=O)O)cc3)n[nH]c2C(F)(F)F)cc1. The highest BCUT2D eigenvalue weighted by Crippen LogP contribution is 2.41. The third kappa shape index (κ3) is 3.49. The van der Waals surface area contributed by atoms with Crippen molar-refractivity contribution < 1.29 is 26.7 Å². The van der Waals surface area contributed by atoms with Gasteiger partial charge in [0.1, 0.15) is 17.1 Å². The second-order valence-corrected chi connectivity index (χ2v) is 6.29. The summed E-state index contributed by atoms with van der Waals surface area (Å²) < 4.78 is 65.4. The Labute approximate surface area is 149 Å². The van der Waals surface area contributed by atoms with Gasteiger partial charge in [-0.1, -0.05) is 24.3 Å². The molecule has 0 bridgehead atoms. The van der Waals surface area contributed by atoms with Crippen molar-refractivity contribution in [3.8, 4) is 28.1 Å². The maximum absolute atomic E-state index is 13.4. The predicted octanol–water partition coefficient (Wildman–Crippen LogP) is 4.35. The van der Waals surface area contributed by atoms with Crippen LogP contribution in [0.1, 0.15) is 5.69 Å². The standard InChI is InChI=1S/C17H13F3N2O3S/c1-25-12-6-2-10(3-7-12)14-15(21-22-16(14)17(18,19)20)11-4-8-13(9-5-11)26(23)24/h2-9H,1H3,(H,21,22)(H,23,24). The summed E-state index contributed by atoms with van der Waals surface area (Å²) in [6.07, 6.45) is -4.62. The molecule has 1 unspecified atom stereocenters. The van der Waals surface area contributed by atoms with Crippen LogP contribution in [0.2, 0.25) is 0 Å². The number of rotatable bonds is 4. The lowest BCUT2D eigenvalue weighted by atomic mass is 9.98. The summed E-state index contributed by atoms with van der Waals surface area (Å²) >= 11 is -2.17. The van der Waals surface area contributed by atoms with Gasteiger partial charge >= 0.3 is 6.18 Å². The zero-order valence-corrected chi connectivity index (χ0v) is 14.2. The molecule has 0 saturated heterocycles. The van der Waals surface area contributed by atoms with Crippen LogP contribution in [0.3, 0.4) is 0 Å². The largest absolute Gasteiger partial charge is 0.497 e. The molecule has 1 heterocycles. The van der Waals surface area contributed by atoms with Crippen LogP contribution in [0.4, 0.5) is 13.2 Å². The Morgan fingerprint density at radius 3 is 2.12 bits per heavy atom. The zero-order chi connectivity index (χ0) is 18.9. The molecule has 0 radical (unpaired) electrons. The smallest absolute Gasteiger partial charge is 0.433 e. The molecule has 5 nitrogen and oxygen atoms in total. The molecule has 3 aromatic rings. The quantitative estimate of drug-likeness (QED) is 0.658. The van der Waals surface area contributed by atoms with Crippen LogP contribution in [0, 0.1) is 0 Å². The van der Waals surface area contributed by atoms with Crippen molar-refractivity contribution in [3.63, 3.8) is 0 Å². The number of halogens is 3. The van der Waals surface area contributed by atoms with Gasteiger partial charge in [0.15, 0.2) is 11.1 Å². The van der Waals surface area contributed by atoms with Crippen molar-refractivity contribution in [1.29, 1.82) is 0 Å². The number of nitrogens with one attached hydrogen (secondary N) is 1. The van der Waals surface area contributed by atoms with Gasteiger partial charge in [-0.3, -0.25) is 5.10 Å². The summed E-state index contributed by atoms with van der Waals surface area (Å²) in [5.74, 6) is 0.516. The fraction of sp³-hybridized carbons (Fsp3) is 0.118. The van der Waals surface area contributed by atoms with E-state index < -0.39 is 23.0 Å². The summed E-state index contributed by atoms with van der Waals surface area (Å²) in [7, 11) is 1.46. The molecule has 0 saturated carbocycles. The average molecular weight is 382 g/mol. The second-order valence-electron chi connectivity index (χ2n) is 5.32. The van der Waals surface area contributed by atoms with Crippen LogP contribution in [-0.4, -0.2) is 26.1 Å². The van der Waals surface area contributed by atoms with E-state index in [2.05, 4.69) is 10.2 Å². The number of alkyl halides is 3. The molecule has 0 aliphatic carbocycles. The number of aromatic nitrogens is 2. The minimum Gasteiger partial charge on any atom is -0.497 e. The summed E-state index contributed by atoms with van der Waals surface area (Å²) in [5.41, 5.74) is -0.267. The average Bonchev–Trinajstić information content (AvgIpc) is 3.07. The summed E-state index contributed by atoms with van der Waals surface area (Å²) in [6.45, 7) is 0. The van der Waals surface area contributed by atoms with Gasteiger partial charge in [-0.25, -0.2) is 4.21 Å². The van der Waals surface area contributed by atoms with E-state index in [0.717, 1.165) is 0 Å². The Morgan fingerprint density at radius 2 is 1.62 bits per heavy atom. The van der Waals surface area contributed by atoms with Gasteiger partial charge in [0, 0.05) is 11.1 Å². The lowest BCUT2D eigenvalue weighted by Crippen LogP contribution is -2.07. The van der Waals surface area contributed by atoms with Crippen LogP contribution >= 0.6 is 0 Å². The van der Waals surface area contributed by atoms with Crippen molar-refractivity contribution in [2.24, 2.45) is 0 Å². The number of ether oxygens (including phenoxy) is 1. The van der Waals surface area contributed by atoms with E-state index in [0.29, 0.717) is 16.9 Å². The number of benzene rings is 2. The van der Waals surface area contributed by atoms with Gasteiger partial charge in [-0.2, -0.15) is 18.3 Å². The molecule has 0 aliphatic heterocycles. The van der Waals surface area contributed by atoms with Crippen LogP contribution < -0.4 is 4.74 Å². The molecule has 2 aromatic carbocycles. The van der Waals surface area contributed by atoms with Gasteiger partial charge in [-0.05, 0) is 29.8 Å². The van der Waals surface area contributed by atoms with Crippen LogP contribution in [0.25, 0.3) is 22.4 Å². The minimum atomic E-state index is -4.62. The maximum Gasteiger partial charge on any atom is 0.433 e. The van der Waals surface area contributed by atoms with Crippen LogP contribution in [-0.2, 0) is 17.3 Å². The first kappa shape index (κ1) is 18.2. The molecule has 0 amide bonds. The van der Waals surface area contributed by atoms with Gasteiger partial charge < -0.3 is 9.29 Å². The molecule has 2 N–H and O–H groups in total. The van der Waals surface area contributed by atoms with E-state index >= 15 is 0 Å². The third-order valence-corrected chi connectivity index (χ3v) is 4.43. The molecular weight excluding hydrogens is 369 g/mol. The molecule has 1 atom stereocenters. The summed E-state index contributed by atoms with van der Waals surface area (Å²) in [5, 5.41) is 5.89. The topological polar surface area (TPSA) is 75.2 Å². The first-order chi connectivity index (χ1) is 12.3. The molecule has 1 aromatic heterocycles. The monoisotopic (exact) mass is 382 g/mol. The molecule has 0 fully saturated rings. The number of methoxy groups -OCH3 is 1. The van der Waals surface area contributed by atoms with Crippen LogP contribution in [0.15, 0.2) is 53.4 Å². The fourth-order valence-corrected chi connectivity index (χ4v) is 2.89. The van der Waals surface area contributed by atoms with Gasteiger partial charge in [0.2, 0.25) is 0 Å². The van der Waals surface area contributed by atoms with Gasteiger partial charge in [0.25, 0.3) is 0 Å². The Hall–Kier alpha value is -2.65. The molecule has 0 spiro atoms. The Morgan fingerprint density at radius 1 is 1.04 bits per heavy atom. The Bertz CT molecular complexity index is 935. The fourth-order valence-electron chi connectivity index (χ4n) is 2.52. The van der Waals surface area contributed by atoms with E-state index in [9.17, 15) is 17.4 Å². The van der Waals surface area contributed by atoms with E-state index in [-0.39, 0.29) is 16.2 Å². The number of hydrogen-bond donors (Lipinski definition) is 2. The molecule has 136 valence electrons. The molecular formula is C17H13F3N2O3S. The van der Waals surface area contributed by atoms with E-state index in [1.54, 1.807) is 12.1 Å². The van der Waals surface area contributed by atoms with Crippen molar-refractivity contribution in [1.82, 2.24) is 10.2 Å².